The Bertz CT molecular complexity index is 1240. The molecule has 3 rings (SSSR count). The van der Waals surface area contributed by atoms with Crippen LogP contribution in [0.4, 0.5) is 4.39 Å². The van der Waals surface area contributed by atoms with Crippen LogP contribution in [-0.2, 0) is 0 Å². The number of rotatable bonds is 4. The molecule has 0 aliphatic carbocycles. The minimum atomic E-state index is -1.38. The Morgan fingerprint density at radius 1 is 1.14 bits per heavy atom. The predicted molar refractivity (Wildman–Crippen MR) is 106 cm³/mol. The standard InChI is InChI=1S/C22H16FN3O3/c1-13-3-9-17(11-14(13)2)26-21(27)19(12-24)18(20(25-26)22(28)29)10-6-15-4-7-16(23)8-5-15/h3-11H,1-2H3,(H,28,29)/b10-6-. The van der Waals surface area contributed by atoms with Crippen LogP contribution < -0.4 is 5.56 Å². The smallest absolute Gasteiger partial charge is 0.357 e. The third-order valence-electron chi connectivity index (χ3n) is 4.49. The van der Waals surface area contributed by atoms with E-state index in [4.69, 9.17) is 0 Å². The number of aryl methyl sites for hydroxylation is 2. The number of halogens is 1. The molecule has 1 N–H and O–H groups in total. The first-order chi connectivity index (χ1) is 13.8. The van der Waals surface area contributed by atoms with Gasteiger partial charge in [0.1, 0.15) is 17.4 Å². The van der Waals surface area contributed by atoms with Gasteiger partial charge in [-0.3, -0.25) is 4.79 Å². The summed E-state index contributed by atoms with van der Waals surface area (Å²) in [7, 11) is 0. The van der Waals surface area contributed by atoms with Crippen LogP contribution in [0.25, 0.3) is 17.8 Å². The fourth-order valence-electron chi connectivity index (χ4n) is 2.75. The van der Waals surface area contributed by atoms with E-state index in [0.717, 1.165) is 15.8 Å². The van der Waals surface area contributed by atoms with E-state index < -0.39 is 23.0 Å². The SMILES string of the molecule is Cc1ccc(-n2nc(C(=O)O)c(/C=C\c3ccc(F)cc3)c(C#N)c2=O)cc1C. The van der Waals surface area contributed by atoms with Crippen molar-refractivity contribution in [2.75, 3.05) is 0 Å². The molecular weight excluding hydrogens is 373 g/mol. The first kappa shape index (κ1) is 19.7. The number of hydrogen-bond acceptors (Lipinski definition) is 4. The number of aromatic carboxylic acids is 1. The zero-order chi connectivity index (χ0) is 21.1. The van der Waals surface area contributed by atoms with Gasteiger partial charge in [-0.15, -0.1) is 0 Å². The molecule has 0 aliphatic heterocycles. The zero-order valence-corrected chi connectivity index (χ0v) is 15.7. The third kappa shape index (κ3) is 3.96. The lowest BCUT2D eigenvalue weighted by Crippen LogP contribution is -2.28. The molecule has 0 unspecified atom stereocenters. The van der Waals surface area contributed by atoms with E-state index >= 15 is 0 Å². The van der Waals surface area contributed by atoms with Gasteiger partial charge in [-0.25, -0.2) is 9.18 Å². The fraction of sp³-hybridized carbons (Fsp3) is 0.0909. The van der Waals surface area contributed by atoms with Gasteiger partial charge in [-0.1, -0.05) is 30.4 Å². The Kier molecular flexibility index (Phi) is 5.37. The molecule has 0 radical (unpaired) electrons. The van der Waals surface area contributed by atoms with E-state index in [1.54, 1.807) is 24.3 Å². The van der Waals surface area contributed by atoms with Gasteiger partial charge in [0.25, 0.3) is 5.56 Å². The minimum absolute atomic E-state index is 0.102. The van der Waals surface area contributed by atoms with Gasteiger partial charge in [0, 0.05) is 5.56 Å². The third-order valence-corrected chi connectivity index (χ3v) is 4.49. The second-order valence-electron chi connectivity index (χ2n) is 6.42. The highest BCUT2D eigenvalue weighted by atomic mass is 19.1. The van der Waals surface area contributed by atoms with Gasteiger partial charge in [0.05, 0.1) is 5.69 Å². The van der Waals surface area contributed by atoms with Crippen LogP contribution in [0.5, 0.6) is 0 Å². The quantitative estimate of drug-likeness (QED) is 0.733. The van der Waals surface area contributed by atoms with Crippen molar-refractivity contribution in [3.8, 4) is 11.8 Å². The molecule has 3 aromatic rings. The van der Waals surface area contributed by atoms with Crippen molar-refractivity contribution in [2.45, 2.75) is 13.8 Å². The average Bonchev–Trinajstić information content (AvgIpc) is 2.69. The Morgan fingerprint density at radius 2 is 1.83 bits per heavy atom. The number of benzene rings is 2. The number of nitriles is 1. The van der Waals surface area contributed by atoms with Gasteiger partial charge >= 0.3 is 5.97 Å². The summed E-state index contributed by atoms with van der Waals surface area (Å²) in [5.74, 6) is -1.79. The monoisotopic (exact) mass is 389 g/mol. The zero-order valence-electron chi connectivity index (χ0n) is 15.7. The molecule has 0 aliphatic rings. The Hall–Kier alpha value is -4.05. The molecule has 0 saturated heterocycles. The molecule has 0 bridgehead atoms. The van der Waals surface area contributed by atoms with Crippen LogP contribution in [-0.4, -0.2) is 20.9 Å². The Balaban J connectivity index is 2.21. The van der Waals surface area contributed by atoms with Gasteiger partial charge in [0.2, 0.25) is 0 Å². The summed E-state index contributed by atoms with van der Waals surface area (Å²) < 4.78 is 14.0. The molecule has 29 heavy (non-hydrogen) atoms. The molecule has 2 aromatic carbocycles. The first-order valence-corrected chi connectivity index (χ1v) is 8.64. The van der Waals surface area contributed by atoms with Gasteiger partial charge < -0.3 is 5.11 Å². The van der Waals surface area contributed by atoms with Crippen molar-refractivity contribution in [3.63, 3.8) is 0 Å². The van der Waals surface area contributed by atoms with Crippen molar-refractivity contribution in [2.24, 2.45) is 0 Å². The highest BCUT2D eigenvalue weighted by Crippen LogP contribution is 2.17. The summed E-state index contributed by atoms with van der Waals surface area (Å²) in [5, 5.41) is 23.1. The maximum Gasteiger partial charge on any atom is 0.357 e. The van der Waals surface area contributed by atoms with Crippen LogP contribution >= 0.6 is 0 Å². The average molecular weight is 389 g/mol. The van der Waals surface area contributed by atoms with E-state index in [9.17, 15) is 24.3 Å². The molecule has 0 fully saturated rings. The highest BCUT2D eigenvalue weighted by molar-refractivity contribution is 5.92. The molecule has 0 atom stereocenters. The van der Waals surface area contributed by atoms with Gasteiger partial charge in [-0.2, -0.15) is 15.0 Å². The fourth-order valence-corrected chi connectivity index (χ4v) is 2.75. The molecule has 7 heteroatoms. The van der Waals surface area contributed by atoms with Crippen LogP contribution in [0.1, 0.15) is 38.3 Å². The second kappa shape index (κ2) is 7.90. The molecule has 144 valence electrons. The summed E-state index contributed by atoms with van der Waals surface area (Å²) in [6, 6.07) is 12.4. The van der Waals surface area contributed by atoms with Crippen molar-refractivity contribution in [1.29, 1.82) is 5.26 Å². The lowest BCUT2D eigenvalue weighted by molar-refractivity contribution is 0.0688. The summed E-state index contributed by atoms with van der Waals surface area (Å²) in [4.78, 5) is 24.6. The van der Waals surface area contributed by atoms with Gasteiger partial charge in [0.15, 0.2) is 5.69 Å². The maximum atomic E-state index is 13.1. The van der Waals surface area contributed by atoms with Crippen LogP contribution in [0.3, 0.4) is 0 Å². The largest absolute Gasteiger partial charge is 0.476 e. The van der Waals surface area contributed by atoms with E-state index in [0.29, 0.717) is 11.3 Å². The molecule has 0 spiro atoms. The van der Waals surface area contributed by atoms with Crippen LogP contribution in [0.15, 0.2) is 47.3 Å². The maximum absolute atomic E-state index is 13.1. The lowest BCUT2D eigenvalue weighted by atomic mass is 10.1. The molecule has 1 aromatic heterocycles. The normalized spacial score (nSPS) is 10.8. The number of hydrogen-bond donors (Lipinski definition) is 1. The van der Waals surface area contributed by atoms with Crippen molar-refractivity contribution < 1.29 is 14.3 Å². The second-order valence-corrected chi connectivity index (χ2v) is 6.42. The first-order valence-electron chi connectivity index (χ1n) is 8.64. The topological polar surface area (TPSA) is 96.0 Å². The van der Waals surface area contributed by atoms with E-state index in [-0.39, 0.29) is 11.1 Å². The Labute approximate surface area is 165 Å². The molecule has 0 amide bonds. The van der Waals surface area contributed by atoms with Crippen LogP contribution in [0.2, 0.25) is 0 Å². The number of carboxylic acid groups (broad SMARTS) is 1. The van der Waals surface area contributed by atoms with E-state index in [1.165, 1.54) is 36.4 Å². The summed E-state index contributed by atoms with van der Waals surface area (Å²) in [6.07, 6.45) is 2.82. The number of carboxylic acids is 1. The van der Waals surface area contributed by atoms with Crippen molar-refractivity contribution in [3.05, 3.63) is 92.1 Å². The Morgan fingerprint density at radius 3 is 2.41 bits per heavy atom. The minimum Gasteiger partial charge on any atom is -0.476 e. The van der Waals surface area contributed by atoms with Gasteiger partial charge in [-0.05, 0) is 54.8 Å². The highest BCUT2D eigenvalue weighted by Gasteiger charge is 2.21. The summed E-state index contributed by atoms with van der Waals surface area (Å²) in [5.41, 5.74) is 1.24. The van der Waals surface area contributed by atoms with E-state index in [1.807, 2.05) is 13.8 Å². The number of aromatic nitrogens is 2. The number of carbonyl (C=O) groups is 1. The van der Waals surface area contributed by atoms with Crippen molar-refractivity contribution in [1.82, 2.24) is 9.78 Å². The van der Waals surface area contributed by atoms with E-state index in [2.05, 4.69) is 5.10 Å². The predicted octanol–water partition coefficient (Wildman–Crippen LogP) is 3.73. The summed E-state index contributed by atoms with van der Waals surface area (Å²) in [6.45, 7) is 3.76. The lowest BCUT2D eigenvalue weighted by Gasteiger charge is -2.11. The molecule has 0 saturated carbocycles. The molecular formula is C22H16FN3O3. The number of nitrogens with zero attached hydrogens (tertiary/aromatic N) is 3. The van der Waals surface area contributed by atoms with Crippen molar-refractivity contribution >= 4 is 18.1 Å². The molecule has 1 heterocycles. The molecule has 6 nitrogen and oxygen atoms in total. The van der Waals surface area contributed by atoms with Crippen LogP contribution in [0, 0.1) is 31.0 Å². The summed E-state index contributed by atoms with van der Waals surface area (Å²) >= 11 is 0.